The van der Waals surface area contributed by atoms with Crippen LogP contribution in [0.4, 0.5) is 17.2 Å². The molecular weight excluding hydrogens is 338 g/mol. The second-order valence-electron chi connectivity index (χ2n) is 7.36. The molecule has 1 aromatic heterocycles. The van der Waals surface area contributed by atoms with Gasteiger partial charge in [0.05, 0.1) is 0 Å². The quantitative estimate of drug-likeness (QED) is 0.895. The molecule has 142 valence electrons. The van der Waals surface area contributed by atoms with Gasteiger partial charge in [0.25, 0.3) is 5.91 Å². The van der Waals surface area contributed by atoms with Gasteiger partial charge in [0.2, 0.25) is 0 Å². The number of carbonyl (C=O) groups excluding carboxylic acids is 1. The highest BCUT2D eigenvalue weighted by Gasteiger charge is 2.16. The Balaban J connectivity index is 1.41. The molecule has 1 N–H and O–H groups in total. The Hall–Kier alpha value is -2.63. The molecule has 0 atom stereocenters. The third kappa shape index (κ3) is 4.38. The summed E-state index contributed by atoms with van der Waals surface area (Å²) in [6, 6.07) is 9.89. The molecule has 6 nitrogen and oxygen atoms in total. The summed E-state index contributed by atoms with van der Waals surface area (Å²) in [5, 5.41) is 2.95. The summed E-state index contributed by atoms with van der Waals surface area (Å²) in [5.41, 5.74) is 2.42. The van der Waals surface area contributed by atoms with Crippen LogP contribution in [0.15, 0.2) is 36.7 Å². The minimum Gasteiger partial charge on any atom is -0.372 e. The van der Waals surface area contributed by atoms with Gasteiger partial charge in [0, 0.05) is 43.6 Å². The van der Waals surface area contributed by atoms with E-state index in [1.807, 2.05) is 12.1 Å². The number of hydrogen-bond acceptors (Lipinski definition) is 5. The third-order valence-electron chi connectivity index (χ3n) is 5.41. The summed E-state index contributed by atoms with van der Waals surface area (Å²) in [6.45, 7) is 4.23. The van der Waals surface area contributed by atoms with Gasteiger partial charge in [-0.05, 0) is 62.8 Å². The largest absolute Gasteiger partial charge is 0.372 e. The molecule has 4 rings (SSSR count). The number of nitrogens with zero attached hydrogens (tertiary/aromatic N) is 4. The van der Waals surface area contributed by atoms with Crippen LogP contribution in [-0.4, -0.2) is 42.1 Å². The van der Waals surface area contributed by atoms with Crippen molar-refractivity contribution in [3.8, 4) is 0 Å². The smallest absolute Gasteiger partial charge is 0.274 e. The molecule has 0 saturated carbocycles. The highest BCUT2D eigenvalue weighted by Crippen LogP contribution is 2.22. The Labute approximate surface area is 160 Å². The predicted molar refractivity (Wildman–Crippen MR) is 109 cm³/mol. The second kappa shape index (κ2) is 8.37. The molecular formula is C21H27N5O. The van der Waals surface area contributed by atoms with Crippen molar-refractivity contribution >= 4 is 23.1 Å². The molecule has 1 aromatic carbocycles. The summed E-state index contributed by atoms with van der Waals surface area (Å²) in [4.78, 5) is 25.8. The number of rotatable bonds is 4. The van der Waals surface area contributed by atoms with E-state index in [0.717, 1.165) is 37.7 Å². The van der Waals surface area contributed by atoms with Crippen molar-refractivity contribution in [2.24, 2.45) is 0 Å². The van der Waals surface area contributed by atoms with Gasteiger partial charge in [-0.3, -0.25) is 4.79 Å². The lowest BCUT2D eigenvalue weighted by atomic mass is 10.1. The fourth-order valence-corrected chi connectivity index (χ4v) is 3.87. The first-order valence-electron chi connectivity index (χ1n) is 10.0. The zero-order chi connectivity index (χ0) is 18.5. The van der Waals surface area contributed by atoms with Crippen LogP contribution in [0, 0.1) is 0 Å². The Bertz CT molecular complexity index is 764. The Morgan fingerprint density at radius 1 is 0.815 bits per heavy atom. The van der Waals surface area contributed by atoms with Crippen molar-refractivity contribution in [3.63, 3.8) is 0 Å². The minimum atomic E-state index is -0.193. The molecule has 6 heteroatoms. The van der Waals surface area contributed by atoms with Gasteiger partial charge >= 0.3 is 0 Å². The first-order valence-corrected chi connectivity index (χ1v) is 10.0. The molecule has 3 heterocycles. The number of hydrogen-bond donors (Lipinski definition) is 1. The average Bonchev–Trinajstić information content (AvgIpc) is 2.75. The van der Waals surface area contributed by atoms with Crippen molar-refractivity contribution < 1.29 is 4.79 Å². The Morgan fingerprint density at radius 3 is 2.11 bits per heavy atom. The molecule has 2 saturated heterocycles. The zero-order valence-electron chi connectivity index (χ0n) is 15.7. The maximum Gasteiger partial charge on any atom is 0.274 e. The van der Waals surface area contributed by atoms with Gasteiger partial charge in [0.15, 0.2) is 0 Å². The molecule has 2 aliphatic rings. The number of nitrogens with one attached hydrogen (secondary N) is 1. The maximum atomic E-state index is 12.6. The van der Waals surface area contributed by atoms with E-state index in [0.29, 0.717) is 5.69 Å². The second-order valence-corrected chi connectivity index (χ2v) is 7.36. The van der Waals surface area contributed by atoms with Crippen LogP contribution in [0.2, 0.25) is 0 Å². The van der Waals surface area contributed by atoms with E-state index in [2.05, 4.69) is 37.2 Å². The van der Waals surface area contributed by atoms with E-state index in [1.54, 1.807) is 6.07 Å². The van der Waals surface area contributed by atoms with E-state index < -0.39 is 0 Å². The SMILES string of the molecule is O=C(Nc1ccc(N2CCCCC2)cc1)c1cc(N2CCCCC2)ncn1. The molecule has 0 bridgehead atoms. The summed E-state index contributed by atoms with van der Waals surface area (Å²) >= 11 is 0. The van der Waals surface area contributed by atoms with Crippen LogP contribution in [0.5, 0.6) is 0 Å². The number of anilines is 3. The fraction of sp³-hybridized carbons (Fsp3) is 0.476. The summed E-state index contributed by atoms with van der Waals surface area (Å²) in [6.07, 6.45) is 8.94. The van der Waals surface area contributed by atoms with E-state index in [1.165, 1.54) is 50.5 Å². The molecule has 1 amide bonds. The summed E-state index contributed by atoms with van der Waals surface area (Å²) in [5.74, 6) is 0.650. The van der Waals surface area contributed by atoms with E-state index in [4.69, 9.17) is 0 Å². The monoisotopic (exact) mass is 365 g/mol. The molecule has 2 aromatic rings. The van der Waals surface area contributed by atoms with Crippen LogP contribution in [0.25, 0.3) is 0 Å². The highest BCUT2D eigenvalue weighted by molar-refractivity contribution is 6.03. The normalized spacial score (nSPS) is 17.6. The van der Waals surface area contributed by atoms with Crippen molar-refractivity contribution in [1.82, 2.24) is 9.97 Å². The van der Waals surface area contributed by atoms with Gasteiger partial charge in [-0.2, -0.15) is 0 Å². The number of aromatic nitrogens is 2. The van der Waals surface area contributed by atoms with E-state index >= 15 is 0 Å². The van der Waals surface area contributed by atoms with Crippen LogP contribution in [0.3, 0.4) is 0 Å². The lowest BCUT2D eigenvalue weighted by Gasteiger charge is -2.28. The molecule has 2 fully saturated rings. The van der Waals surface area contributed by atoms with Crippen molar-refractivity contribution in [2.45, 2.75) is 38.5 Å². The molecule has 0 aliphatic carbocycles. The highest BCUT2D eigenvalue weighted by atomic mass is 16.1. The van der Waals surface area contributed by atoms with E-state index in [-0.39, 0.29) is 5.91 Å². The topological polar surface area (TPSA) is 61.4 Å². The number of amides is 1. The lowest BCUT2D eigenvalue weighted by Crippen LogP contribution is -2.30. The first-order chi connectivity index (χ1) is 13.3. The maximum absolute atomic E-state index is 12.6. The molecule has 0 spiro atoms. The van der Waals surface area contributed by atoms with Crippen LogP contribution in [0.1, 0.15) is 49.0 Å². The molecule has 2 aliphatic heterocycles. The van der Waals surface area contributed by atoms with Gasteiger partial charge < -0.3 is 15.1 Å². The van der Waals surface area contributed by atoms with Crippen LogP contribution in [-0.2, 0) is 0 Å². The standard InChI is InChI=1S/C21H27N5O/c27-21(19-15-20(23-16-22-19)26-13-5-2-6-14-26)24-17-7-9-18(10-8-17)25-11-3-1-4-12-25/h7-10,15-16H,1-6,11-14H2,(H,24,27). The van der Waals surface area contributed by atoms with Crippen molar-refractivity contribution in [2.75, 3.05) is 41.3 Å². The van der Waals surface area contributed by atoms with Gasteiger partial charge in [0.1, 0.15) is 17.8 Å². The predicted octanol–water partition coefficient (Wildman–Crippen LogP) is 3.71. The van der Waals surface area contributed by atoms with Crippen LogP contribution >= 0.6 is 0 Å². The fourth-order valence-electron chi connectivity index (χ4n) is 3.87. The number of benzene rings is 1. The minimum absolute atomic E-state index is 0.193. The Kier molecular flexibility index (Phi) is 5.51. The third-order valence-corrected chi connectivity index (χ3v) is 5.41. The van der Waals surface area contributed by atoms with Gasteiger partial charge in [-0.1, -0.05) is 0 Å². The Morgan fingerprint density at radius 2 is 1.44 bits per heavy atom. The van der Waals surface area contributed by atoms with E-state index in [9.17, 15) is 4.79 Å². The number of carbonyl (C=O) groups is 1. The zero-order valence-corrected chi connectivity index (χ0v) is 15.7. The van der Waals surface area contributed by atoms with Crippen molar-refractivity contribution in [3.05, 3.63) is 42.4 Å². The molecule has 0 unspecified atom stereocenters. The average molecular weight is 365 g/mol. The lowest BCUT2D eigenvalue weighted by molar-refractivity contribution is 0.102. The summed E-state index contributed by atoms with van der Waals surface area (Å²) in [7, 11) is 0. The number of piperidine rings is 2. The summed E-state index contributed by atoms with van der Waals surface area (Å²) < 4.78 is 0. The van der Waals surface area contributed by atoms with Crippen molar-refractivity contribution in [1.29, 1.82) is 0 Å². The molecule has 0 radical (unpaired) electrons. The van der Waals surface area contributed by atoms with Gasteiger partial charge in [-0.25, -0.2) is 9.97 Å². The van der Waals surface area contributed by atoms with Gasteiger partial charge in [-0.15, -0.1) is 0 Å². The van der Waals surface area contributed by atoms with Crippen LogP contribution < -0.4 is 15.1 Å². The first kappa shape index (κ1) is 17.8. The molecule has 27 heavy (non-hydrogen) atoms.